The molecule has 0 saturated carbocycles. The van der Waals surface area contributed by atoms with Gasteiger partial charge in [-0.2, -0.15) is 57.1 Å². The van der Waals surface area contributed by atoms with Crippen LogP contribution >= 0.6 is 0 Å². The summed E-state index contributed by atoms with van der Waals surface area (Å²) in [5.41, 5.74) is 0. The van der Waals surface area contributed by atoms with Crippen LogP contribution in [0.3, 0.4) is 0 Å². The van der Waals surface area contributed by atoms with Gasteiger partial charge in [-0.1, -0.05) is 0 Å². The van der Waals surface area contributed by atoms with E-state index in [-0.39, 0.29) is 26.4 Å². The Kier molecular flexibility index (Phi) is 10.3. The van der Waals surface area contributed by atoms with Crippen molar-refractivity contribution in [2.75, 3.05) is 53.4 Å². The standard InChI is InChI=1S/C14H17F13O4/c1-28-2-3-29-4-5-30-6-7-31-8-9(15,16)10(17,18)11(19,20)12(21,22)13(23,24)14(25,26)27/h2-8H2,1H3. The van der Waals surface area contributed by atoms with Gasteiger partial charge < -0.3 is 18.9 Å². The van der Waals surface area contributed by atoms with Crippen LogP contribution in [0.5, 0.6) is 0 Å². The van der Waals surface area contributed by atoms with Gasteiger partial charge in [0.2, 0.25) is 0 Å². The minimum Gasteiger partial charge on any atom is -0.382 e. The highest BCUT2D eigenvalue weighted by molar-refractivity contribution is 5.10. The Hall–Kier alpha value is -1.07. The molecule has 0 heterocycles. The third-order valence-corrected chi connectivity index (χ3v) is 3.46. The highest BCUT2D eigenvalue weighted by atomic mass is 19.4. The second-order valence-corrected chi connectivity index (χ2v) is 5.77. The van der Waals surface area contributed by atoms with Crippen molar-refractivity contribution in [3.8, 4) is 0 Å². The molecule has 0 saturated heterocycles. The average molecular weight is 496 g/mol. The SMILES string of the molecule is COCCOCCOCCOCC(F)(F)C(F)(F)C(F)(F)C(F)(F)C(F)(F)C(F)(F)F. The third kappa shape index (κ3) is 6.47. The summed E-state index contributed by atoms with van der Waals surface area (Å²) >= 11 is 0. The van der Waals surface area contributed by atoms with Crippen molar-refractivity contribution in [2.45, 2.75) is 35.8 Å². The monoisotopic (exact) mass is 496 g/mol. The van der Waals surface area contributed by atoms with Crippen LogP contribution in [0.2, 0.25) is 0 Å². The lowest BCUT2D eigenvalue weighted by atomic mass is 9.94. The molecule has 0 N–H and O–H groups in total. The molecule has 0 radical (unpaired) electrons. The largest absolute Gasteiger partial charge is 0.460 e. The van der Waals surface area contributed by atoms with Crippen LogP contribution in [0.15, 0.2) is 0 Å². The first-order valence-corrected chi connectivity index (χ1v) is 7.99. The Labute approximate surface area is 166 Å². The van der Waals surface area contributed by atoms with Crippen LogP contribution in [0, 0.1) is 0 Å². The van der Waals surface area contributed by atoms with Gasteiger partial charge in [-0.3, -0.25) is 0 Å². The molecule has 0 aliphatic heterocycles. The highest BCUT2D eigenvalue weighted by Crippen LogP contribution is 2.60. The number of ether oxygens (including phenoxy) is 4. The van der Waals surface area contributed by atoms with Gasteiger partial charge in [0.05, 0.1) is 39.6 Å². The Bertz CT molecular complexity index is 537. The fraction of sp³-hybridized carbons (Fsp3) is 1.00. The minimum atomic E-state index is -7.92. The molecule has 0 rings (SSSR count). The zero-order chi connectivity index (χ0) is 24.8. The number of hydrogen-bond acceptors (Lipinski definition) is 4. The van der Waals surface area contributed by atoms with Crippen molar-refractivity contribution in [1.29, 1.82) is 0 Å². The average Bonchev–Trinajstić information content (AvgIpc) is 2.61. The van der Waals surface area contributed by atoms with E-state index in [1.165, 1.54) is 7.11 Å². The Morgan fingerprint density at radius 1 is 0.452 bits per heavy atom. The van der Waals surface area contributed by atoms with E-state index in [2.05, 4.69) is 9.47 Å². The van der Waals surface area contributed by atoms with Crippen LogP contribution in [-0.4, -0.2) is 89.1 Å². The molecule has 0 atom stereocenters. The van der Waals surface area contributed by atoms with Crippen LogP contribution in [0.4, 0.5) is 57.1 Å². The summed E-state index contributed by atoms with van der Waals surface area (Å²) in [7, 11) is 1.38. The van der Waals surface area contributed by atoms with Gasteiger partial charge in [0.25, 0.3) is 0 Å². The number of methoxy groups -OCH3 is 1. The molecule has 0 aromatic carbocycles. The van der Waals surface area contributed by atoms with Crippen LogP contribution < -0.4 is 0 Å². The molecule has 0 aliphatic rings. The van der Waals surface area contributed by atoms with E-state index in [1.807, 2.05) is 0 Å². The lowest BCUT2D eigenvalue weighted by molar-refractivity contribution is -0.441. The molecule has 0 aromatic rings. The summed E-state index contributed by atoms with van der Waals surface area (Å²) in [6.07, 6.45) is -7.44. The van der Waals surface area contributed by atoms with Gasteiger partial charge in [0.1, 0.15) is 6.61 Å². The minimum absolute atomic E-state index is 0.0215. The Morgan fingerprint density at radius 3 is 1.19 bits per heavy atom. The van der Waals surface area contributed by atoms with Gasteiger partial charge in [-0.25, -0.2) is 0 Å². The van der Waals surface area contributed by atoms with Crippen LogP contribution in [-0.2, 0) is 18.9 Å². The molecular weight excluding hydrogens is 479 g/mol. The van der Waals surface area contributed by atoms with Gasteiger partial charge >= 0.3 is 35.8 Å². The second kappa shape index (κ2) is 10.7. The van der Waals surface area contributed by atoms with Crippen LogP contribution in [0.25, 0.3) is 0 Å². The van der Waals surface area contributed by atoms with Crippen molar-refractivity contribution >= 4 is 0 Å². The molecule has 188 valence electrons. The topological polar surface area (TPSA) is 36.9 Å². The fourth-order valence-electron chi connectivity index (χ4n) is 1.68. The molecule has 0 aliphatic carbocycles. The molecule has 0 unspecified atom stereocenters. The first-order chi connectivity index (χ1) is 13.8. The van der Waals surface area contributed by atoms with E-state index in [0.29, 0.717) is 0 Å². The summed E-state index contributed by atoms with van der Waals surface area (Å²) < 4.78 is 185. The molecule has 0 aromatic heterocycles. The Morgan fingerprint density at radius 2 is 0.806 bits per heavy atom. The number of halogens is 13. The van der Waals surface area contributed by atoms with Crippen molar-refractivity contribution < 1.29 is 76.0 Å². The first-order valence-electron chi connectivity index (χ1n) is 7.99. The normalized spacial score (nSPS) is 14.9. The maximum atomic E-state index is 13.4. The number of rotatable bonds is 15. The number of alkyl halides is 13. The lowest BCUT2D eigenvalue weighted by Crippen LogP contribution is -2.70. The predicted octanol–water partition coefficient (Wildman–Crippen LogP) is 4.42. The maximum Gasteiger partial charge on any atom is 0.460 e. The van der Waals surface area contributed by atoms with Crippen molar-refractivity contribution in [3.05, 3.63) is 0 Å². The zero-order valence-electron chi connectivity index (χ0n) is 15.5. The summed E-state index contributed by atoms with van der Waals surface area (Å²) in [5.74, 6) is -37.1. The van der Waals surface area contributed by atoms with E-state index >= 15 is 0 Å². The van der Waals surface area contributed by atoms with E-state index in [0.717, 1.165) is 0 Å². The fourth-order valence-corrected chi connectivity index (χ4v) is 1.68. The quantitative estimate of drug-likeness (QED) is 0.249. The van der Waals surface area contributed by atoms with E-state index in [4.69, 9.17) is 9.47 Å². The van der Waals surface area contributed by atoms with E-state index in [9.17, 15) is 57.1 Å². The lowest BCUT2D eigenvalue weighted by Gasteiger charge is -2.39. The van der Waals surface area contributed by atoms with Crippen molar-refractivity contribution in [2.24, 2.45) is 0 Å². The summed E-state index contributed by atoms with van der Waals surface area (Å²) in [6.45, 7) is -4.03. The van der Waals surface area contributed by atoms with Crippen LogP contribution in [0.1, 0.15) is 0 Å². The molecule has 0 fully saturated rings. The molecule has 0 bridgehead atoms. The second-order valence-electron chi connectivity index (χ2n) is 5.77. The van der Waals surface area contributed by atoms with Gasteiger partial charge in [0.15, 0.2) is 0 Å². The zero-order valence-corrected chi connectivity index (χ0v) is 15.5. The van der Waals surface area contributed by atoms with Gasteiger partial charge in [-0.15, -0.1) is 0 Å². The highest BCUT2D eigenvalue weighted by Gasteiger charge is 2.90. The molecule has 0 spiro atoms. The molecule has 4 nitrogen and oxygen atoms in total. The molecule has 0 amide bonds. The summed E-state index contributed by atoms with van der Waals surface area (Å²) in [5, 5.41) is 0. The van der Waals surface area contributed by atoms with Gasteiger partial charge in [0, 0.05) is 7.11 Å². The third-order valence-electron chi connectivity index (χ3n) is 3.46. The predicted molar refractivity (Wildman–Crippen MR) is 75.1 cm³/mol. The molecular formula is C14H17F13O4. The maximum absolute atomic E-state index is 13.4. The van der Waals surface area contributed by atoms with Crippen molar-refractivity contribution in [1.82, 2.24) is 0 Å². The van der Waals surface area contributed by atoms with E-state index in [1.54, 1.807) is 0 Å². The number of hydrogen-bond donors (Lipinski definition) is 0. The van der Waals surface area contributed by atoms with E-state index < -0.39 is 55.6 Å². The van der Waals surface area contributed by atoms with Gasteiger partial charge in [-0.05, 0) is 0 Å². The Balaban J connectivity index is 4.95. The molecule has 31 heavy (non-hydrogen) atoms. The smallest absolute Gasteiger partial charge is 0.382 e. The first kappa shape index (κ1) is 29.9. The molecule has 17 heteroatoms. The summed E-state index contributed by atoms with van der Waals surface area (Å²) in [6, 6.07) is 0. The van der Waals surface area contributed by atoms with Crippen molar-refractivity contribution in [3.63, 3.8) is 0 Å². The summed E-state index contributed by atoms with van der Waals surface area (Å²) in [4.78, 5) is 0.